The Labute approximate surface area is 194 Å². The summed E-state index contributed by atoms with van der Waals surface area (Å²) in [5.41, 5.74) is 6.72. The number of rotatable bonds is 5. The van der Waals surface area contributed by atoms with Crippen LogP contribution in [0.3, 0.4) is 0 Å². The number of hydrogen-bond donors (Lipinski definition) is 2. The van der Waals surface area contributed by atoms with Crippen LogP contribution >= 0.6 is 11.3 Å². The van der Waals surface area contributed by atoms with E-state index in [0.717, 1.165) is 10.5 Å². The summed E-state index contributed by atoms with van der Waals surface area (Å²) in [5, 5.41) is 0.690. The Balaban J connectivity index is 1.49. The first-order chi connectivity index (χ1) is 15.8. The van der Waals surface area contributed by atoms with Gasteiger partial charge in [-0.05, 0) is 25.0 Å². The van der Waals surface area contributed by atoms with Gasteiger partial charge in [0.05, 0.1) is 16.8 Å². The number of fused-ring (bicyclic) bond motifs is 1. The molecule has 2 N–H and O–H groups in total. The number of benzene rings is 2. The molecule has 0 saturated heterocycles. The largest absolute Gasteiger partial charge is 0.281 e. The van der Waals surface area contributed by atoms with E-state index in [1.54, 1.807) is 45.0 Å². The number of hydrazine groups is 1. The van der Waals surface area contributed by atoms with E-state index in [2.05, 4.69) is 15.8 Å². The third-order valence-corrected chi connectivity index (χ3v) is 6.53. The molecule has 9 heteroatoms. The average Bonchev–Trinajstić information content (AvgIpc) is 3.32. The van der Waals surface area contributed by atoms with Crippen LogP contribution in [-0.2, 0) is 4.79 Å². The molecule has 0 fully saturated rings. The molecule has 4 amide bonds. The van der Waals surface area contributed by atoms with E-state index >= 15 is 0 Å². The zero-order valence-electron chi connectivity index (χ0n) is 18.3. The van der Waals surface area contributed by atoms with Gasteiger partial charge in [-0.1, -0.05) is 56.3 Å². The summed E-state index contributed by atoms with van der Waals surface area (Å²) < 4.78 is 0. The Morgan fingerprint density at radius 2 is 1.48 bits per heavy atom. The van der Waals surface area contributed by atoms with Gasteiger partial charge in [0.15, 0.2) is 0 Å². The molecule has 1 atom stereocenters. The molecular formula is C24H22N4O4S. The SMILES string of the molecule is Cc1nc(-c2ccccc2)sc1C(=O)NNC(=O)C(C(C)C)N1C(=O)c2ccccc2C1=O. The van der Waals surface area contributed by atoms with Gasteiger partial charge in [0.2, 0.25) is 0 Å². The number of imide groups is 1. The second-order valence-electron chi connectivity index (χ2n) is 7.96. The molecule has 1 aromatic heterocycles. The highest BCUT2D eigenvalue weighted by atomic mass is 32.1. The lowest BCUT2D eigenvalue weighted by Crippen LogP contribution is -2.56. The third-order valence-electron chi connectivity index (χ3n) is 5.33. The molecule has 168 valence electrons. The molecule has 2 heterocycles. The molecule has 0 saturated carbocycles. The van der Waals surface area contributed by atoms with Crippen molar-refractivity contribution >= 4 is 35.0 Å². The molecule has 2 aromatic carbocycles. The molecule has 8 nitrogen and oxygen atoms in total. The van der Waals surface area contributed by atoms with E-state index < -0.39 is 29.7 Å². The van der Waals surface area contributed by atoms with Crippen molar-refractivity contribution in [1.29, 1.82) is 0 Å². The molecule has 33 heavy (non-hydrogen) atoms. The summed E-state index contributed by atoms with van der Waals surface area (Å²) >= 11 is 1.21. The average molecular weight is 463 g/mol. The second kappa shape index (κ2) is 8.95. The van der Waals surface area contributed by atoms with Crippen molar-refractivity contribution in [3.8, 4) is 10.6 Å². The van der Waals surface area contributed by atoms with E-state index in [4.69, 9.17) is 0 Å². The first kappa shape index (κ1) is 22.3. The van der Waals surface area contributed by atoms with Crippen LogP contribution in [0.4, 0.5) is 0 Å². The van der Waals surface area contributed by atoms with E-state index in [-0.39, 0.29) is 17.0 Å². The van der Waals surface area contributed by atoms with Crippen LogP contribution in [0, 0.1) is 12.8 Å². The number of aromatic nitrogens is 1. The Morgan fingerprint density at radius 3 is 2.06 bits per heavy atom. The lowest BCUT2D eigenvalue weighted by Gasteiger charge is -2.28. The van der Waals surface area contributed by atoms with Gasteiger partial charge in [-0.2, -0.15) is 0 Å². The topological polar surface area (TPSA) is 108 Å². The summed E-state index contributed by atoms with van der Waals surface area (Å²) in [6.45, 7) is 5.18. The molecular weight excluding hydrogens is 440 g/mol. The molecule has 3 aromatic rings. The Hall–Kier alpha value is -3.85. The summed E-state index contributed by atoms with van der Waals surface area (Å²) in [6.07, 6.45) is 0. The highest BCUT2D eigenvalue weighted by Gasteiger charge is 2.44. The third kappa shape index (κ3) is 4.14. The number of aryl methyl sites for hydroxylation is 1. The van der Waals surface area contributed by atoms with Crippen molar-refractivity contribution in [3.63, 3.8) is 0 Å². The van der Waals surface area contributed by atoms with Crippen LogP contribution in [0.1, 0.15) is 49.9 Å². The van der Waals surface area contributed by atoms with E-state index in [1.165, 1.54) is 11.3 Å². The van der Waals surface area contributed by atoms with Crippen molar-refractivity contribution in [2.75, 3.05) is 0 Å². The predicted octanol–water partition coefficient (Wildman–Crippen LogP) is 3.20. The van der Waals surface area contributed by atoms with Crippen molar-refractivity contribution in [1.82, 2.24) is 20.7 Å². The van der Waals surface area contributed by atoms with Crippen molar-refractivity contribution in [3.05, 3.63) is 76.3 Å². The minimum Gasteiger partial charge on any atom is -0.271 e. The summed E-state index contributed by atoms with van der Waals surface area (Å²) in [6, 6.07) is 14.8. The molecule has 1 aliphatic heterocycles. The van der Waals surface area contributed by atoms with Crippen LogP contribution in [0.2, 0.25) is 0 Å². The molecule has 1 unspecified atom stereocenters. The van der Waals surface area contributed by atoms with Crippen LogP contribution in [0.25, 0.3) is 10.6 Å². The standard InChI is InChI=1S/C24H22N4O4S/c1-13(2)18(28-23(31)16-11-7-8-12-17(16)24(28)32)20(29)26-27-21(30)19-14(3)25-22(33-19)15-9-5-4-6-10-15/h4-13,18H,1-3H3,(H,26,29)(H,27,30). The predicted molar refractivity (Wildman–Crippen MR) is 123 cm³/mol. The van der Waals surface area contributed by atoms with Crippen molar-refractivity contribution < 1.29 is 19.2 Å². The lowest BCUT2D eigenvalue weighted by atomic mass is 10.0. The normalized spacial score (nSPS) is 13.8. The molecule has 0 aliphatic carbocycles. The fourth-order valence-corrected chi connectivity index (χ4v) is 4.71. The minimum atomic E-state index is -1.08. The van der Waals surface area contributed by atoms with Gasteiger partial charge in [-0.3, -0.25) is 34.9 Å². The Morgan fingerprint density at radius 1 is 0.909 bits per heavy atom. The zero-order valence-corrected chi connectivity index (χ0v) is 19.1. The van der Waals surface area contributed by atoms with Crippen molar-refractivity contribution in [2.24, 2.45) is 5.92 Å². The Kier molecular flexibility index (Phi) is 6.06. The first-order valence-electron chi connectivity index (χ1n) is 10.4. The smallest absolute Gasteiger partial charge is 0.271 e. The summed E-state index contributed by atoms with van der Waals surface area (Å²) in [7, 11) is 0. The van der Waals surface area contributed by atoms with Crippen molar-refractivity contribution in [2.45, 2.75) is 26.8 Å². The maximum absolute atomic E-state index is 13.0. The number of hydrogen-bond acceptors (Lipinski definition) is 6. The fourth-order valence-electron chi connectivity index (χ4n) is 3.74. The highest BCUT2D eigenvalue weighted by molar-refractivity contribution is 7.17. The summed E-state index contributed by atoms with van der Waals surface area (Å²) in [5.74, 6) is -2.61. The van der Waals surface area contributed by atoms with Gasteiger partial charge in [0, 0.05) is 5.56 Å². The maximum Gasteiger partial charge on any atom is 0.281 e. The summed E-state index contributed by atoms with van der Waals surface area (Å²) in [4.78, 5) is 57.1. The van der Waals surface area contributed by atoms with E-state index in [1.807, 2.05) is 30.3 Å². The number of nitrogens with zero attached hydrogens (tertiary/aromatic N) is 2. The van der Waals surface area contributed by atoms with Crippen LogP contribution in [0.15, 0.2) is 54.6 Å². The highest BCUT2D eigenvalue weighted by Crippen LogP contribution is 2.28. The maximum atomic E-state index is 13.0. The quantitative estimate of drug-likeness (QED) is 0.447. The Bertz CT molecular complexity index is 1220. The number of amides is 4. The van der Waals surface area contributed by atoms with Gasteiger partial charge in [-0.25, -0.2) is 4.98 Å². The van der Waals surface area contributed by atoms with Gasteiger partial charge >= 0.3 is 0 Å². The molecule has 0 spiro atoms. The van der Waals surface area contributed by atoms with Gasteiger partial charge < -0.3 is 0 Å². The molecule has 4 rings (SSSR count). The lowest BCUT2D eigenvalue weighted by molar-refractivity contribution is -0.127. The monoisotopic (exact) mass is 462 g/mol. The zero-order chi connectivity index (χ0) is 23.7. The van der Waals surface area contributed by atoms with E-state index in [0.29, 0.717) is 15.6 Å². The van der Waals surface area contributed by atoms with Gasteiger partial charge in [-0.15, -0.1) is 11.3 Å². The van der Waals surface area contributed by atoms with Crippen LogP contribution in [-0.4, -0.2) is 39.6 Å². The number of carbonyl (C=O) groups excluding carboxylic acids is 4. The molecule has 0 radical (unpaired) electrons. The van der Waals surface area contributed by atoms with Gasteiger partial charge in [0.1, 0.15) is 15.9 Å². The second-order valence-corrected chi connectivity index (χ2v) is 8.96. The van der Waals surface area contributed by atoms with Crippen LogP contribution < -0.4 is 10.9 Å². The minimum absolute atomic E-state index is 0.263. The number of carbonyl (C=O) groups is 4. The molecule has 1 aliphatic rings. The first-order valence-corrected chi connectivity index (χ1v) is 11.2. The molecule has 0 bridgehead atoms. The number of thiazole rings is 1. The fraction of sp³-hybridized carbons (Fsp3) is 0.208. The van der Waals surface area contributed by atoms with Gasteiger partial charge in [0.25, 0.3) is 23.6 Å². The number of nitrogens with one attached hydrogen (secondary N) is 2. The van der Waals surface area contributed by atoms with E-state index in [9.17, 15) is 19.2 Å². The van der Waals surface area contributed by atoms with Crippen LogP contribution in [0.5, 0.6) is 0 Å².